The highest BCUT2D eigenvalue weighted by Gasteiger charge is 2.19. The zero-order valence-electron chi connectivity index (χ0n) is 9.79. The third-order valence-electron chi connectivity index (χ3n) is 2.58. The van der Waals surface area contributed by atoms with Crippen LogP contribution in [0.2, 0.25) is 0 Å². The number of hydrogen-bond donors (Lipinski definition) is 2. The van der Waals surface area contributed by atoms with E-state index in [0.717, 1.165) is 30.2 Å². The molecule has 0 bridgehead atoms. The number of rotatable bonds is 7. The molecule has 0 fully saturated rings. The minimum atomic E-state index is -0.380. The number of hydrogen-bond acceptors (Lipinski definition) is 4. The highest BCUT2D eigenvalue weighted by molar-refractivity contribution is 7.99. The molecule has 0 saturated heterocycles. The smallest absolute Gasteiger partial charge is 0.165 e. The van der Waals surface area contributed by atoms with Gasteiger partial charge in [-0.2, -0.15) is 5.26 Å². The molecule has 88 valence electrons. The summed E-state index contributed by atoms with van der Waals surface area (Å²) in [5.74, 6) is 1.04. The number of unbranched alkanes of at least 4 members (excludes halogenated alkanes) is 1. The van der Waals surface area contributed by atoms with Crippen LogP contribution >= 0.6 is 11.8 Å². The van der Waals surface area contributed by atoms with Crippen LogP contribution in [0.4, 0.5) is 0 Å². The lowest BCUT2D eigenvalue weighted by Gasteiger charge is -2.20. The highest BCUT2D eigenvalue weighted by atomic mass is 32.2. The lowest BCUT2D eigenvalue weighted by atomic mass is 9.97. The summed E-state index contributed by atoms with van der Waals surface area (Å²) in [7, 11) is 1.83. The average Bonchev–Trinajstić information content (AvgIpc) is 2.81. The monoisotopic (exact) mass is 238 g/mol. The Morgan fingerprint density at radius 2 is 2.44 bits per heavy atom. The first-order chi connectivity index (χ1) is 7.70. The lowest BCUT2D eigenvalue weighted by molar-refractivity contribution is 0.439. The summed E-state index contributed by atoms with van der Waals surface area (Å²) in [4.78, 5) is 7.19. The molecule has 0 aliphatic heterocycles. The number of H-pyrrole nitrogens is 1. The van der Waals surface area contributed by atoms with Gasteiger partial charge in [-0.15, -0.1) is 0 Å². The molecular weight excluding hydrogens is 220 g/mol. The molecule has 4 nitrogen and oxygen atoms in total. The van der Waals surface area contributed by atoms with Crippen molar-refractivity contribution < 1.29 is 0 Å². The van der Waals surface area contributed by atoms with E-state index in [9.17, 15) is 0 Å². The van der Waals surface area contributed by atoms with Crippen molar-refractivity contribution in [1.29, 1.82) is 5.26 Å². The van der Waals surface area contributed by atoms with Crippen molar-refractivity contribution in [3.63, 3.8) is 0 Å². The van der Waals surface area contributed by atoms with Crippen molar-refractivity contribution in [2.75, 3.05) is 12.8 Å². The van der Waals surface area contributed by atoms with Gasteiger partial charge in [0, 0.05) is 18.1 Å². The van der Waals surface area contributed by atoms with E-state index in [1.807, 2.05) is 20.2 Å². The molecule has 1 aromatic heterocycles. The van der Waals surface area contributed by atoms with E-state index in [1.165, 1.54) is 0 Å². The van der Waals surface area contributed by atoms with Gasteiger partial charge in [-0.05, 0) is 33.2 Å². The third kappa shape index (κ3) is 4.25. The van der Waals surface area contributed by atoms with Gasteiger partial charge < -0.3 is 10.3 Å². The number of nitriles is 1. The molecule has 0 aliphatic rings. The number of nitrogens with zero attached hydrogens (tertiary/aromatic N) is 2. The largest absolute Gasteiger partial charge is 0.340 e. The van der Waals surface area contributed by atoms with Crippen LogP contribution < -0.4 is 5.32 Å². The van der Waals surface area contributed by atoms with Crippen LogP contribution in [0.3, 0.4) is 0 Å². The van der Waals surface area contributed by atoms with Crippen LogP contribution in [-0.4, -0.2) is 28.3 Å². The van der Waals surface area contributed by atoms with Crippen LogP contribution in [0.5, 0.6) is 0 Å². The Labute approximate surface area is 101 Å². The van der Waals surface area contributed by atoms with E-state index in [1.54, 1.807) is 18.0 Å². The van der Waals surface area contributed by atoms with Gasteiger partial charge in [-0.25, -0.2) is 4.98 Å². The maximum Gasteiger partial charge on any atom is 0.165 e. The normalized spacial score (nSPS) is 14.3. The van der Waals surface area contributed by atoms with Crippen molar-refractivity contribution >= 4 is 11.8 Å². The predicted octanol–water partition coefficient (Wildman–Crippen LogP) is 2.17. The summed E-state index contributed by atoms with van der Waals surface area (Å²) in [6.45, 7) is 1.94. The number of thioether (sulfide) groups is 1. The number of nitrogens with one attached hydrogen (secondary N) is 2. The molecule has 1 atom stereocenters. The Balaban J connectivity index is 2.11. The number of aromatic amines is 1. The summed E-state index contributed by atoms with van der Waals surface area (Å²) in [6.07, 6.45) is 6.63. The van der Waals surface area contributed by atoms with Crippen LogP contribution in [0.25, 0.3) is 0 Å². The summed E-state index contributed by atoms with van der Waals surface area (Å²) in [5.41, 5.74) is -0.380. The topological polar surface area (TPSA) is 64.5 Å². The molecule has 16 heavy (non-hydrogen) atoms. The van der Waals surface area contributed by atoms with Crippen LogP contribution in [0.15, 0.2) is 17.6 Å². The Hall–Kier alpha value is -0.990. The van der Waals surface area contributed by atoms with Gasteiger partial charge in [-0.3, -0.25) is 0 Å². The number of aromatic nitrogens is 2. The van der Waals surface area contributed by atoms with Crippen molar-refractivity contribution in [3.05, 3.63) is 12.4 Å². The van der Waals surface area contributed by atoms with E-state index >= 15 is 0 Å². The first-order valence-electron chi connectivity index (χ1n) is 5.42. The average molecular weight is 238 g/mol. The van der Waals surface area contributed by atoms with Gasteiger partial charge in [0.25, 0.3) is 0 Å². The summed E-state index contributed by atoms with van der Waals surface area (Å²) in [6, 6.07) is 2.30. The zero-order valence-corrected chi connectivity index (χ0v) is 10.6. The van der Waals surface area contributed by atoms with Gasteiger partial charge in [0.15, 0.2) is 5.16 Å². The lowest BCUT2D eigenvalue weighted by Crippen LogP contribution is -2.37. The molecule has 0 radical (unpaired) electrons. The third-order valence-corrected chi connectivity index (χ3v) is 3.57. The van der Waals surface area contributed by atoms with E-state index < -0.39 is 0 Å². The molecule has 1 unspecified atom stereocenters. The molecular formula is C11H18N4S. The van der Waals surface area contributed by atoms with Crippen molar-refractivity contribution in [3.8, 4) is 6.07 Å². The molecule has 0 spiro atoms. The zero-order chi connectivity index (χ0) is 11.9. The fourth-order valence-corrected chi connectivity index (χ4v) is 2.14. The summed E-state index contributed by atoms with van der Waals surface area (Å²) in [5, 5.41) is 13.0. The molecule has 1 heterocycles. The second-order valence-corrected chi connectivity index (χ2v) is 4.98. The fourth-order valence-electron chi connectivity index (χ4n) is 1.32. The Morgan fingerprint density at radius 3 is 3.00 bits per heavy atom. The van der Waals surface area contributed by atoms with Crippen LogP contribution in [0, 0.1) is 11.3 Å². The molecule has 2 N–H and O–H groups in total. The van der Waals surface area contributed by atoms with Crippen molar-refractivity contribution in [1.82, 2.24) is 15.3 Å². The van der Waals surface area contributed by atoms with Gasteiger partial charge in [0.1, 0.15) is 5.54 Å². The molecule has 5 heteroatoms. The van der Waals surface area contributed by atoms with E-state index in [0.29, 0.717) is 0 Å². The minimum absolute atomic E-state index is 0.380. The second-order valence-electron chi connectivity index (χ2n) is 3.89. The van der Waals surface area contributed by atoms with Crippen molar-refractivity contribution in [2.24, 2.45) is 0 Å². The summed E-state index contributed by atoms with van der Waals surface area (Å²) >= 11 is 1.72. The first-order valence-corrected chi connectivity index (χ1v) is 6.41. The van der Waals surface area contributed by atoms with Gasteiger partial charge in [0.05, 0.1) is 6.07 Å². The molecule has 1 aromatic rings. The number of imidazole rings is 1. The summed E-state index contributed by atoms with van der Waals surface area (Å²) < 4.78 is 0. The highest BCUT2D eigenvalue weighted by Crippen LogP contribution is 2.17. The van der Waals surface area contributed by atoms with E-state index in [-0.39, 0.29) is 5.54 Å². The van der Waals surface area contributed by atoms with Gasteiger partial charge >= 0.3 is 0 Å². The first kappa shape index (κ1) is 13.1. The molecule has 0 saturated carbocycles. The maximum atomic E-state index is 8.96. The van der Waals surface area contributed by atoms with Crippen LogP contribution in [0.1, 0.15) is 26.2 Å². The minimum Gasteiger partial charge on any atom is -0.340 e. The fraction of sp³-hybridized carbons (Fsp3) is 0.636. The molecule has 0 amide bonds. The molecule has 0 aromatic carbocycles. The Kier molecular flexibility index (Phi) is 5.36. The van der Waals surface area contributed by atoms with E-state index in [2.05, 4.69) is 21.4 Å². The van der Waals surface area contributed by atoms with Gasteiger partial charge in [-0.1, -0.05) is 11.8 Å². The second kappa shape index (κ2) is 6.56. The standard InChI is InChI=1S/C11H18N4S/c1-11(9-12,13-2)5-3-4-8-16-10-14-6-7-15-10/h6-7,13H,3-5,8H2,1-2H3,(H,14,15). The molecule has 1 rings (SSSR count). The Morgan fingerprint density at radius 1 is 1.62 bits per heavy atom. The van der Waals surface area contributed by atoms with E-state index in [4.69, 9.17) is 5.26 Å². The van der Waals surface area contributed by atoms with Crippen LogP contribution in [-0.2, 0) is 0 Å². The quantitative estimate of drug-likeness (QED) is 0.564. The molecule has 0 aliphatic carbocycles. The Bertz CT molecular complexity index is 330. The SMILES string of the molecule is CNC(C)(C#N)CCCCSc1ncc[nH]1. The van der Waals surface area contributed by atoms with Gasteiger partial charge in [0.2, 0.25) is 0 Å². The maximum absolute atomic E-state index is 8.96. The predicted molar refractivity (Wildman–Crippen MR) is 66.2 cm³/mol. The van der Waals surface area contributed by atoms with Crippen molar-refractivity contribution in [2.45, 2.75) is 36.9 Å².